The molecule has 0 atom stereocenters. The number of aryl methyl sites for hydroxylation is 1. The molecule has 5 rings (SSSR count). The molecule has 0 aliphatic rings. The molecule has 3 aromatic heterocycles. The number of ether oxygens (including phenoxy) is 1. The summed E-state index contributed by atoms with van der Waals surface area (Å²) in [6.07, 6.45) is 0.625. The summed E-state index contributed by atoms with van der Waals surface area (Å²) in [6, 6.07) is 15.3. The minimum Gasteiger partial charge on any atom is -0.383 e. The van der Waals surface area contributed by atoms with E-state index in [1.54, 1.807) is 11.7 Å². The van der Waals surface area contributed by atoms with Crippen LogP contribution in [0.15, 0.2) is 53.3 Å². The van der Waals surface area contributed by atoms with E-state index in [4.69, 9.17) is 31.3 Å². The van der Waals surface area contributed by atoms with Gasteiger partial charge >= 0.3 is 0 Å². The van der Waals surface area contributed by atoms with E-state index in [0.29, 0.717) is 59.2 Å². The molecule has 7 nitrogen and oxygen atoms in total. The lowest BCUT2D eigenvalue weighted by Crippen LogP contribution is -2.27. The standard InChI is InChI=1S/C24H22ClN5O2/c1-3-19-28-22-20(24(31)29(19)12-13-32-2)21-23(27-18-7-5-4-6-17(18)26-21)30(22)14-15-8-10-16(25)11-9-15/h4-11H,3,12-14H2,1-2H3. The maximum absolute atomic E-state index is 13.6. The minimum atomic E-state index is -0.117. The number of fused-ring (bicyclic) bond motifs is 4. The van der Waals surface area contributed by atoms with Crippen LogP contribution in [0.25, 0.3) is 33.2 Å². The summed E-state index contributed by atoms with van der Waals surface area (Å²) >= 11 is 6.07. The van der Waals surface area contributed by atoms with Crippen LogP contribution < -0.4 is 5.56 Å². The number of aromatic nitrogens is 5. The smallest absolute Gasteiger partial charge is 0.265 e. The van der Waals surface area contributed by atoms with Crippen LogP contribution in [0, 0.1) is 0 Å². The number of methoxy groups -OCH3 is 1. The number of hydrogen-bond acceptors (Lipinski definition) is 5. The molecule has 0 unspecified atom stereocenters. The zero-order valence-electron chi connectivity index (χ0n) is 17.9. The average molecular weight is 448 g/mol. The van der Waals surface area contributed by atoms with Gasteiger partial charge in [0.2, 0.25) is 0 Å². The van der Waals surface area contributed by atoms with Gasteiger partial charge in [0, 0.05) is 18.6 Å². The maximum Gasteiger partial charge on any atom is 0.265 e. The zero-order valence-corrected chi connectivity index (χ0v) is 18.6. The van der Waals surface area contributed by atoms with Crippen molar-refractivity contribution < 1.29 is 4.74 Å². The van der Waals surface area contributed by atoms with Crippen molar-refractivity contribution in [3.63, 3.8) is 0 Å². The van der Waals surface area contributed by atoms with Crippen molar-refractivity contribution in [2.24, 2.45) is 0 Å². The van der Waals surface area contributed by atoms with Crippen LogP contribution in [0.3, 0.4) is 0 Å². The highest BCUT2D eigenvalue weighted by atomic mass is 35.5. The zero-order chi connectivity index (χ0) is 22.2. The highest BCUT2D eigenvalue weighted by Crippen LogP contribution is 2.26. The molecule has 0 radical (unpaired) electrons. The second kappa shape index (κ2) is 8.33. The number of benzene rings is 2. The molecular weight excluding hydrogens is 426 g/mol. The van der Waals surface area contributed by atoms with Crippen molar-refractivity contribution in [1.29, 1.82) is 0 Å². The fraction of sp³-hybridized carbons (Fsp3) is 0.250. The van der Waals surface area contributed by atoms with Crippen LogP contribution >= 0.6 is 11.6 Å². The Hall–Kier alpha value is -3.29. The van der Waals surface area contributed by atoms with Gasteiger partial charge in [-0.3, -0.25) is 9.36 Å². The SMILES string of the molecule is CCc1nc2c(c(=O)n1CCOC)c1nc3ccccc3nc1n2Cc1ccc(Cl)cc1. The van der Waals surface area contributed by atoms with Gasteiger partial charge < -0.3 is 9.30 Å². The summed E-state index contributed by atoms with van der Waals surface area (Å²) in [6.45, 7) is 3.36. The van der Waals surface area contributed by atoms with Gasteiger partial charge in [0.05, 0.1) is 30.7 Å². The monoisotopic (exact) mass is 447 g/mol. The lowest BCUT2D eigenvalue weighted by atomic mass is 10.2. The topological polar surface area (TPSA) is 74.8 Å². The quantitative estimate of drug-likeness (QED) is 0.390. The molecule has 5 aromatic rings. The summed E-state index contributed by atoms with van der Waals surface area (Å²) < 4.78 is 8.89. The van der Waals surface area contributed by atoms with Gasteiger partial charge in [-0.2, -0.15) is 0 Å². The Kier molecular flexibility index (Phi) is 5.36. The molecule has 0 N–H and O–H groups in total. The average Bonchev–Trinajstić information content (AvgIpc) is 3.10. The van der Waals surface area contributed by atoms with Crippen molar-refractivity contribution in [3.8, 4) is 0 Å². The summed E-state index contributed by atoms with van der Waals surface area (Å²) in [5.41, 5.74) is 4.24. The van der Waals surface area contributed by atoms with Crippen LogP contribution in [-0.4, -0.2) is 37.8 Å². The molecular formula is C24H22ClN5O2. The van der Waals surface area contributed by atoms with Gasteiger partial charge in [-0.15, -0.1) is 0 Å². The molecule has 0 bridgehead atoms. The summed E-state index contributed by atoms with van der Waals surface area (Å²) in [4.78, 5) is 28.3. The first kappa shape index (κ1) is 20.6. The number of nitrogens with zero attached hydrogens (tertiary/aromatic N) is 5. The highest BCUT2D eigenvalue weighted by molar-refractivity contribution is 6.30. The lowest BCUT2D eigenvalue weighted by molar-refractivity contribution is 0.185. The van der Waals surface area contributed by atoms with Crippen molar-refractivity contribution in [2.75, 3.05) is 13.7 Å². The number of rotatable bonds is 6. The molecule has 0 saturated heterocycles. The van der Waals surface area contributed by atoms with Crippen LogP contribution in [0.1, 0.15) is 18.3 Å². The van der Waals surface area contributed by atoms with Crippen molar-refractivity contribution in [2.45, 2.75) is 26.4 Å². The van der Waals surface area contributed by atoms with Crippen LogP contribution in [0.2, 0.25) is 5.02 Å². The molecule has 0 fully saturated rings. The maximum atomic E-state index is 13.6. The Morgan fingerprint density at radius 1 is 0.938 bits per heavy atom. The van der Waals surface area contributed by atoms with Gasteiger partial charge in [0.1, 0.15) is 16.7 Å². The van der Waals surface area contributed by atoms with Crippen molar-refractivity contribution in [3.05, 3.63) is 75.3 Å². The van der Waals surface area contributed by atoms with Gasteiger partial charge in [-0.1, -0.05) is 42.8 Å². The van der Waals surface area contributed by atoms with E-state index in [-0.39, 0.29) is 5.56 Å². The van der Waals surface area contributed by atoms with Crippen molar-refractivity contribution in [1.82, 2.24) is 24.1 Å². The Bertz CT molecular complexity index is 1510. The van der Waals surface area contributed by atoms with Gasteiger partial charge in [0.15, 0.2) is 11.3 Å². The number of hydrogen-bond donors (Lipinski definition) is 0. The van der Waals surface area contributed by atoms with Gasteiger partial charge in [-0.25, -0.2) is 15.0 Å². The van der Waals surface area contributed by atoms with Crippen molar-refractivity contribution >= 4 is 44.8 Å². The van der Waals surface area contributed by atoms with Gasteiger partial charge in [0.25, 0.3) is 5.56 Å². The van der Waals surface area contributed by atoms with E-state index in [2.05, 4.69) is 0 Å². The van der Waals surface area contributed by atoms with Crippen LogP contribution in [0.4, 0.5) is 0 Å². The molecule has 32 heavy (non-hydrogen) atoms. The Labute approximate surface area is 189 Å². The molecule has 0 aliphatic heterocycles. The highest BCUT2D eigenvalue weighted by Gasteiger charge is 2.22. The van der Waals surface area contributed by atoms with E-state index in [1.807, 2.05) is 60.0 Å². The van der Waals surface area contributed by atoms with Crippen LogP contribution in [-0.2, 0) is 24.2 Å². The fourth-order valence-corrected chi connectivity index (χ4v) is 4.17. The number of halogens is 1. The first-order chi connectivity index (χ1) is 15.6. The Morgan fingerprint density at radius 2 is 1.66 bits per heavy atom. The van der Waals surface area contributed by atoms with E-state index in [0.717, 1.165) is 16.6 Å². The third kappa shape index (κ3) is 3.43. The Morgan fingerprint density at radius 3 is 2.34 bits per heavy atom. The molecule has 162 valence electrons. The lowest BCUT2D eigenvalue weighted by Gasteiger charge is -2.12. The Balaban J connectivity index is 1.86. The fourth-order valence-electron chi connectivity index (χ4n) is 4.04. The molecule has 8 heteroatoms. The molecule has 3 heterocycles. The molecule has 0 amide bonds. The minimum absolute atomic E-state index is 0.117. The first-order valence-corrected chi connectivity index (χ1v) is 10.9. The summed E-state index contributed by atoms with van der Waals surface area (Å²) in [5, 5.41) is 1.16. The van der Waals surface area contributed by atoms with Crippen LogP contribution in [0.5, 0.6) is 0 Å². The predicted molar refractivity (Wildman–Crippen MR) is 126 cm³/mol. The molecule has 0 saturated carbocycles. The third-order valence-electron chi connectivity index (χ3n) is 5.62. The molecule has 2 aromatic carbocycles. The van der Waals surface area contributed by atoms with Gasteiger partial charge in [-0.05, 0) is 29.8 Å². The predicted octanol–water partition coefficient (Wildman–Crippen LogP) is 4.20. The normalized spacial score (nSPS) is 11.7. The van der Waals surface area contributed by atoms with E-state index >= 15 is 0 Å². The van der Waals surface area contributed by atoms with E-state index in [1.165, 1.54) is 0 Å². The summed E-state index contributed by atoms with van der Waals surface area (Å²) in [7, 11) is 1.62. The van der Waals surface area contributed by atoms with E-state index < -0.39 is 0 Å². The first-order valence-electron chi connectivity index (χ1n) is 10.5. The largest absolute Gasteiger partial charge is 0.383 e. The number of para-hydroxylation sites is 2. The van der Waals surface area contributed by atoms with E-state index in [9.17, 15) is 4.79 Å². The third-order valence-corrected chi connectivity index (χ3v) is 5.87. The second-order valence-electron chi connectivity index (χ2n) is 7.63. The molecule has 0 aliphatic carbocycles. The summed E-state index contributed by atoms with van der Waals surface area (Å²) in [5.74, 6) is 0.712. The second-order valence-corrected chi connectivity index (χ2v) is 8.06. The molecule has 0 spiro atoms.